The van der Waals surface area contributed by atoms with Crippen molar-refractivity contribution in [3.63, 3.8) is 0 Å². The van der Waals surface area contributed by atoms with Crippen LogP contribution < -0.4 is 0 Å². The monoisotopic (exact) mass is 312 g/mol. The summed E-state index contributed by atoms with van der Waals surface area (Å²) in [6.07, 6.45) is -4.66. The fourth-order valence-corrected chi connectivity index (χ4v) is 1.47. The maximum absolute atomic E-state index is 12.2. The number of hydrogen-bond acceptors (Lipinski definition) is 3. The number of nitrogens with zero attached hydrogens (tertiary/aromatic N) is 4. The van der Waals surface area contributed by atoms with E-state index in [-0.39, 0.29) is 0 Å². The predicted molar refractivity (Wildman–Crippen MR) is 46.1 cm³/mol. The third kappa shape index (κ3) is 1.65. The third-order valence-corrected chi connectivity index (χ3v) is 2.23. The zero-order valence-electron chi connectivity index (χ0n) is 6.30. The summed E-state index contributed by atoms with van der Waals surface area (Å²) < 4.78 is 37.1. The lowest BCUT2D eigenvalue weighted by Gasteiger charge is -2.03. The predicted octanol–water partition coefficient (Wildman–Crippen LogP) is 1.84. The van der Waals surface area contributed by atoms with Gasteiger partial charge in [-0.25, -0.2) is 7.76 Å². The number of alkyl halides is 3. The summed E-state index contributed by atoms with van der Waals surface area (Å²) in [4.78, 5) is 3.02. The van der Waals surface area contributed by atoms with Crippen LogP contribution in [0.5, 0.6) is 0 Å². The topological polar surface area (TPSA) is 65.4 Å². The zero-order chi connectivity index (χ0) is 10.9. The van der Waals surface area contributed by atoms with Gasteiger partial charge in [0.2, 0.25) is 5.82 Å². The molecule has 0 unspecified atom stereocenters. The van der Waals surface area contributed by atoms with Gasteiger partial charge in [-0.3, -0.25) is 0 Å². The van der Waals surface area contributed by atoms with E-state index in [1.165, 1.54) is 35.0 Å². The van der Waals surface area contributed by atoms with Crippen molar-refractivity contribution < 1.29 is 13.2 Å². The van der Waals surface area contributed by atoms with Crippen molar-refractivity contribution in [3.05, 3.63) is 17.2 Å². The molecule has 0 saturated heterocycles. The van der Waals surface area contributed by atoms with Gasteiger partial charge in [-0.2, -0.15) is 23.7 Å². The van der Waals surface area contributed by atoms with Crippen molar-refractivity contribution in [2.24, 2.45) is 0 Å². The highest BCUT2D eigenvalue weighted by atomic mass is 127. The minimum absolute atomic E-state index is 0.402. The van der Waals surface area contributed by atoms with Crippen LogP contribution >= 0.6 is 22.9 Å². The van der Waals surface area contributed by atoms with Crippen molar-refractivity contribution in [2.75, 3.05) is 0 Å². The quantitative estimate of drug-likeness (QED) is 0.687. The number of rotatable bonds is 0. The second-order valence-corrected chi connectivity index (χ2v) is 3.10. The average Bonchev–Trinajstić information content (AvgIpc) is 2.40. The Morgan fingerprint density at radius 2 is 1.86 bits per heavy atom. The Balaban J connectivity index is 3.47. The van der Waals surface area contributed by atoms with Gasteiger partial charge in [-0.05, 0) is 0 Å². The summed E-state index contributed by atoms with van der Waals surface area (Å²) in [5, 5.41) is 16.9. The lowest BCUT2D eigenvalue weighted by Crippen LogP contribution is -2.10. The molecule has 14 heavy (non-hydrogen) atoms. The highest BCUT2D eigenvalue weighted by Crippen LogP contribution is 2.31. The number of hydrogen-bond donors (Lipinski definition) is 0. The Morgan fingerprint density at radius 3 is 2.14 bits per heavy atom. The summed E-state index contributed by atoms with van der Waals surface area (Å²) in [5.41, 5.74) is -0.922. The Kier molecular flexibility index (Phi) is 2.66. The van der Waals surface area contributed by atoms with Gasteiger partial charge < -0.3 is 0 Å². The number of imidazole rings is 1. The first-order chi connectivity index (χ1) is 6.41. The van der Waals surface area contributed by atoms with Gasteiger partial charge in [0, 0.05) is 0 Å². The molecule has 1 heterocycles. The molecule has 1 aromatic rings. The summed E-state index contributed by atoms with van der Waals surface area (Å²) >= 11 is 1.27. The Morgan fingerprint density at radius 1 is 1.29 bits per heavy atom. The molecule has 0 aromatic carbocycles. The van der Waals surface area contributed by atoms with Gasteiger partial charge in [-0.15, -0.1) is 0 Å². The standard InChI is InChI=1S/C6F3IN4/c7-6(8,9)5-13-3(1-11)4(2-12)14(5)10. The van der Waals surface area contributed by atoms with Crippen LogP contribution in [0.15, 0.2) is 0 Å². The summed E-state index contributed by atoms with van der Waals surface area (Å²) in [6, 6.07) is 2.90. The number of aromatic nitrogens is 2. The molecule has 0 aliphatic rings. The van der Waals surface area contributed by atoms with Crippen LogP contribution in [0.1, 0.15) is 17.2 Å². The highest BCUT2D eigenvalue weighted by Gasteiger charge is 2.38. The fourth-order valence-electron chi connectivity index (χ4n) is 0.751. The second kappa shape index (κ2) is 3.46. The van der Waals surface area contributed by atoms with Crippen LogP contribution in [-0.4, -0.2) is 7.76 Å². The molecule has 0 saturated carbocycles. The van der Waals surface area contributed by atoms with Crippen molar-refractivity contribution in [3.8, 4) is 12.1 Å². The van der Waals surface area contributed by atoms with E-state index in [4.69, 9.17) is 10.5 Å². The van der Waals surface area contributed by atoms with Crippen molar-refractivity contribution in [2.45, 2.75) is 6.18 Å². The fraction of sp³-hybridized carbons (Fsp3) is 0.167. The first-order valence-electron chi connectivity index (χ1n) is 3.08. The summed E-state index contributed by atoms with van der Waals surface area (Å²) in [5.74, 6) is -1.26. The highest BCUT2D eigenvalue weighted by molar-refractivity contribution is 14.1. The van der Waals surface area contributed by atoms with Gasteiger partial charge in [-0.1, -0.05) is 0 Å². The van der Waals surface area contributed by atoms with E-state index in [2.05, 4.69) is 4.98 Å². The summed E-state index contributed by atoms with van der Waals surface area (Å²) in [7, 11) is 0. The molecule has 0 amide bonds. The van der Waals surface area contributed by atoms with Crippen LogP contribution in [0.4, 0.5) is 13.2 Å². The molecule has 0 N–H and O–H groups in total. The minimum atomic E-state index is -4.66. The van der Waals surface area contributed by atoms with E-state index in [0.717, 1.165) is 0 Å². The van der Waals surface area contributed by atoms with Crippen molar-refractivity contribution in [1.82, 2.24) is 7.76 Å². The van der Waals surface area contributed by atoms with Crippen LogP contribution in [0.3, 0.4) is 0 Å². The van der Waals surface area contributed by atoms with Gasteiger partial charge >= 0.3 is 6.18 Å². The molecule has 0 radical (unpaired) electrons. The smallest absolute Gasteiger partial charge is 0.250 e. The largest absolute Gasteiger partial charge is 0.450 e. The second-order valence-electron chi connectivity index (χ2n) is 2.13. The van der Waals surface area contributed by atoms with Gasteiger partial charge in [0.15, 0.2) is 11.4 Å². The molecule has 4 nitrogen and oxygen atoms in total. The molecule has 0 fully saturated rings. The molecule has 1 rings (SSSR count). The third-order valence-electron chi connectivity index (χ3n) is 1.29. The molecule has 8 heteroatoms. The molecule has 0 spiro atoms. The molecule has 1 aromatic heterocycles. The number of halogens is 4. The van der Waals surface area contributed by atoms with E-state index in [1.807, 2.05) is 0 Å². The zero-order valence-corrected chi connectivity index (χ0v) is 8.46. The van der Waals surface area contributed by atoms with Crippen LogP contribution in [0, 0.1) is 22.7 Å². The average molecular weight is 312 g/mol. The molecule has 0 aliphatic heterocycles. The van der Waals surface area contributed by atoms with Crippen molar-refractivity contribution in [1.29, 1.82) is 10.5 Å². The summed E-state index contributed by atoms with van der Waals surface area (Å²) in [6.45, 7) is 0. The normalized spacial score (nSPS) is 10.7. The Bertz CT molecular complexity index is 447. The van der Waals surface area contributed by atoms with E-state index >= 15 is 0 Å². The van der Waals surface area contributed by atoms with E-state index < -0.39 is 23.4 Å². The van der Waals surface area contributed by atoms with Crippen LogP contribution in [-0.2, 0) is 6.18 Å². The lowest BCUT2D eigenvalue weighted by atomic mass is 10.4. The van der Waals surface area contributed by atoms with Crippen molar-refractivity contribution >= 4 is 22.9 Å². The van der Waals surface area contributed by atoms with Crippen LogP contribution in [0.2, 0.25) is 0 Å². The molecule has 0 aliphatic carbocycles. The first kappa shape index (κ1) is 10.8. The Hall–Kier alpha value is -1.29. The van der Waals surface area contributed by atoms with Gasteiger partial charge in [0.1, 0.15) is 12.1 Å². The minimum Gasteiger partial charge on any atom is -0.250 e. The Labute approximate surface area is 90.1 Å². The molecular weight excluding hydrogens is 312 g/mol. The molecule has 0 bridgehead atoms. The van der Waals surface area contributed by atoms with E-state index in [0.29, 0.717) is 2.78 Å². The van der Waals surface area contributed by atoms with E-state index in [1.54, 1.807) is 0 Å². The SMILES string of the molecule is N#Cc1nc(C(F)(F)F)n(I)c1C#N. The maximum Gasteiger partial charge on any atom is 0.450 e. The van der Waals surface area contributed by atoms with E-state index in [9.17, 15) is 13.2 Å². The van der Waals surface area contributed by atoms with Crippen LogP contribution in [0.25, 0.3) is 0 Å². The molecule has 72 valence electrons. The number of nitriles is 2. The lowest BCUT2D eigenvalue weighted by molar-refractivity contribution is -0.144. The van der Waals surface area contributed by atoms with Gasteiger partial charge in [0.25, 0.3) is 0 Å². The molecular formula is C6F3IN4. The van der Waals surface area contributed by atoms with Gasteiger partial charge in [0.05, 0.1) is 22.9 Å². The maximum atomic E-state index is 12.2. The molecule has 0 atom stereocenters. The first-order valence-corrected chi connectivity index (χ1v) is 4.04.